The first-order valence-electron chi connectivity index (χ1n) is 16.1. The molecule has 234 valence electrons. The van der Waals surface area contributed by atoms with Crippen LogP contribution >= 0.6 is 0 Å². The SMILES string of the molecule is Fc1ccc(N(c2ccccc2)c2ccc3c(ccc4oc5ccc6cc(N(c7ccccc7)c7ccc(F)cc7)ccc6c5c43)c2)cc1. The molecule has 9 rings (SSSR count). The highest BCUT2D eigenvalue weighted by atomic mass is 19.1. The van der Waals surface area contributed by atoms with Crippen molar-refractivity contribution in [1.29, 1.82) is 0 Å². The normalized spacial score (nSPS) is 11.5. The lowest BCUT2D eigenvalue weighted by molar-refractivity contribution is 0.627. The molecule has 0 aliphatic heterocycles. The van der Waals surface area contributed by atoms with Gasteiger partial charge in [-0.1, -0.05) is 60.7 Å². The Bertz CT molecular complexity index is 2430. The summed E-state index contributed by atoms with van der Waals surface area (Å²) >= 11 is 0. The van der Waals surface area contributed by atoms with Crippen molar-refractivity contribution in [3.05, 3.63) is 181 Å². The minimum Gasteiger partial charge on any atom is -0.456 e. The lowest BCUT2D eigenvalue weighted by Gasteiger charge is -2.26. The summed E-state index contributed by atoms with van der Waals surface area (Å²) in [5.74, 6) is -0.542. The van der Waals surface area contributed by atoms with Gasteiger partial charge in [0.2, 0.25) is 0 Å². The van der Waals surface area contributed by atoms with Gasteiger partial charge in [0.05, 0.1) is 0 Å². The third kappa shape index (κ3) is 5.04. The molecule has 0 saturated heterocycles. The molecule has 5 heteroatoms. The van der Waals surface area contributed by atoms with Gasteiger partial charge in [-0.3, -0.25) is 0 Å². The second-order valence-corrected chi connectivity index (χ2v) is 12.1. The average molecular weight is 639 g/mol. The van der Waals surface area contributed by atoms with E-state index in [1.165, 1.54) is 24.3 Å². The summed E-state index contributed by atoms with van der Waals surface area (Å²) in [5.41, 5.74) is 7.28. The molecule has 0 amide bonds. The Morgan fingerprint density at radius 1 is 0.347 bits per heavy atom. The Morgan fingerprint density at radius 3 is 1.12 bits per heavy atom. The first-order chi connectivity index (χ1) is 24.1. The number of rotatable bonds is 6. The van der Waals surface area contributed by atoms with E-state index in [0.717, 1.165) is 77.6 Å². The van der Waals surface area contributed by atoms with Crippen LogP contribution in [0.5, 0.6) is 0 Å². The molecule has 0 aliphatic carbocycles. The van der Waals surface area contributed by atoms with E-state index in [9.17, 15) is 8.78 Å². The summed E-state index contributed by atoms with van der Waals surface area (Å²) in [4.78, 5) is 4.26. The molecule has 0 unspecified atom stereocenters. The Labute approximate surface area is 281 Å². The van der Waals surface area contributed by atoms with Gasteiger partial charge in [0.15, 0.2) is 0 Å². The van der Waals surface area contributed by atoms with Crippen LogP contribution in [0.4, 0.5) is 42.9 Å². The van der Waals surface area contributed by atoms with Crippen LogP contribution in [0.2, 0.25) is 0 Å². The largest absolute Gasteiger partial charge is 0.456 e. The van der Waals surface area contributed by atoms with Gasteiger partial charge in [-0.15, -0.1) is 0 Å². The summed E-state index contributed by atoms with van der Waals surface area (Å²) in [6, 6.07) is 54.5. The van der Waals surface area contributed by atoms with Crippen molar-refractivity contribution in [2.45, 2.75) is 0 Å². The highest BCUT2D eigenvalue weighted by Gasteiger charge is 2.18. The highest BCUT2D eigenvalue weighted by Crippen LogP contribution is 2.43. The Balaban J connectivity index is 1.21. The standard InChI is InChI=1S/C44H28F2N2O/c45-31-13-17-35(18-14-31)47(33-7-3-1-4-8-33)37-21-23-39-29(27-37)11-25-41-43(39)44-40-24-22-38(28-30(40)12-26-42(44)49-41)48(34-9-5-2-6-10-34)36-19-15-32(46)16-20-36/h1-28H. The van der Waals surface area contributed by atoms with Crippen LogP contribution in [0.25, 0.3) is 43.5 Å². The summed E-state index contributed by atoms with van der Waals surface area (Å²) in [5, 5.41) is 6.42. The summed E-state index contributed by atoms with van der Waals surface area (Å²) in [6.45, 7) is 0. The van der Waals surface area contributed by atoms with E-state index in [4.69, 9.17) is 4.42 Å². The van der Waals surface area contributed by atoms with Crippen LogP contribution in [-0.4, -0.2) is 0 Å². The summed E-state index contributed by atoms with van der Waals surface area (Å²) in [7, 11) is 0. The molecule has 49 heavy (non-hydrogen) atoms. The zero-order valence-electron chi connectivity index (χ0n) is 26.2. The van der Waals surface area contributed by atoms with E-state index in [2.05, 4.69) is 82.6 Å². The second-order valence-electron chi connectivity index (χ2n) is 12.1. The first-order valence-corrected chi connectivity index (χ1v) is 16.1. The van der Waals surface area contributed by atoms with Crippen molar-refractivity contribution in [3.8, 4) is 0 Å². The van der Waals surface area contributed by atoms with Gasteiger partial charge in [0, 0.05) is 44.9 Å². The molecular formula is C44H28F2N2O. The fourth-order valence-corrected chi connectivity index (χ4v) is 6.91. The number of anilines is 6. The maximum Gasteiger partial charge on any atom is 0.136 e. The van der Waals surface area contributed by atoms with Crippen molar-refractivity contribution in [1.82, 2.24) is 0 Å². The van der Waals surface area contributed by atoms with Crippen molar-refractivity contribution in [3.63, 3.8) is 0 Å². The minimum absolute atomic E-state index is 0.271. The number of halogens is 2. The number of fused-ring (bicyclic) bond motifs is 7. The van der Waals surface area contributed by atoms with Crippen molar-refractivity contribution < 1.29 is 13.2 Å². The second kappa shape index (κ2) is 11.7. The van der Waals surface area contributed by atoms with Crippen LogP contribution in [0.1, 0.15) is 0 Å². The Hall–Kier alpha value is -6.46. The van der Waals surface area contributed by atoms with Crippen LogP contribution < -0.4 is 9.80 Å². The van der Waals surface area contributed by atoms with E-state index in [0.29, 0.717) is 0 Å². The maximum absolute atomic E-state index is 13.9. The summed E-state index contributed by atoms with van der Waals surface area (Å²) in [6.07, 6.45) is 0. The Kier molecular flexibility index (Phi) is 6.83. The fraction of sp³-hybridized carbons (Fsp3) is 0. The molecule has 0 bridgehead atoms. The molecule has 0 saturated carbocycles. The zero-order chi connectivity index (χ0) is 32.9. The molecule has 8 aromatic carbocycles. The van der Waals surface area contributed by atoms with Gasteiger partial charge in [0.25, 0.3) is 0 Å². The minimum atomic E-state index is -0.271. The molecule has 9 aromatic rings. The molecule has 0 spiro atoms. The van der Waals surface area contributed by atoms with Crippen LogP contribution in [0.3, 0.4) is 0 Å². The van der Waals surface area contributed by atoms with Crippen molar-refractivity contribution >= 4 is 77.6 Å². The van der Waals surface area contributed by atoms with Crippen LogP contribution in [-0.2, 0) is 0 Å². The van der Waals surface area contributed by atoms with E-state index >= 15 is 0 Å². The topological polar surface area (TPSA) is 19.6 Å². The molecule has 0 atom stereocenters. The smallest absolute Gasteiger partial charge is 0.136 e. The van der Waals surface area contributed by atoms with Crippen LogP contribution in [0.15, 0.2) is 174 Å². The van der Waals surface area contributed by atoms with Gasteiger partial charge in [-0.25, -0.2) is 8.78 Å². The van der Waals surface area contributed by atoms with Gasteiger partial charge in [-0.2, -0.15) is 0 Å². The number of furan rings is 1. The van der Waals surface area contributed by atoms with Gasteiger partial charge < -0.3 is 14.2 Å². The molecule has 1 heterocycles. The summed E-state index contributed by atoms with van der Waals surface area (Å²) < 4.78 is 34.2. The van der Waals surface area contributed by atoms with Crippen LogP contribution in [0, 0.1) is 11.6 Å². The number of nitrogens with zero attached hydrogens (tertiary/aromatic N) is 2. The fourth-order valence-electron chi connectivity index (χ4n) is 6.91. The van der Waals surface area contributed by atoms with Crippen molar-refractivity contribution in [2.75, 3.05) is 9.80 Å². The quantitative estimate of drug-likeness (QED) is 0.181. The molecule has 0 fully saturated rings. The average Bonchev–Trinajstić information content (AvgIpc) is 3.54. The molecule has 0 N–H and O–H groups in total. The molecule has 0 radical (unpaired) electrons. The number of para-hydroxylation sites is 2. The number of hydrogen-bond donors (Lipinski definition) is 0. The monoisotopic (exact) mass is 638 g/mol. The first kappa shape index (κ1) is 28.7. The predicted octanol–water partition coefficient (Wildman–Crippen LogP) is 13.1. The maximum atomic E-state index is 13.9. The molecule has 1 aromatic heterocycles. The number of benzene rings is 8. The molecule has 0 aliphatic rings. The van der Waals surface area contributed by atoms with E-state index < -0.39 is 0 Å². The molecular weight excluding hydrogens is 610 g/mol. The van der Waals surface area contributed by atoms with E-state index in [-0.39, 0.29) is 11.6 Å². The van der Waals surface area contributed by atoms with E-state index in [1.54, 1.807) is 24.3 Å². The van der Waals surface area contributed by atoms with Gasteiger partial charge in [-0.05, 0) is 131 Å². The third-order valence-corrected chi connectivity index (χ3v) is 9.12. The van der Waals surface area contributed by atoms with Gasteiger partial charge in [0.1, 0.15) is 22.8 Å². The number of hydrogen-bond acceptors (Lipinski definition) is 3. The van der Waals surface area contributed by atoms with Crippen molar-refractivity contribution in [2.24, 2.45) is 0 Å². The third-order valence-electron chi connectivity index (χ3n) is 9.12. The highest BCUT2D eigenvalue weighted by molar-refractivity contribution is 6.26. The Morgan fingerprint density at radius 2 is 0.714 bits per heavy atom. The lowest BCUT2D eigenvalue weighted by atomic mass is 9.98. The lowest BCUT2D eigenvalue weighted by Crippen LogP contribution is -2.09. The zero-order valence-corrected chi connectivity index (χ0v) is 26.2. The van der Waals surface area contributed by atoms with E-state index in [1.807, 2.05) is 48.5 Å². The molecule has 3 nitrogen and oxygen atoms in total. The predicted molar refractivity (Wildman–Crippen MR) is 198 cm³/mol. The van der Waals surface area contributed by atoms with Gasteiger partial charge >= 0.3 is 0 Å².